The Hall–Kier alpha value is -3.06. The zero-order valence-electron chi connectivity index (χ0n) is 21.3. The molecule has 2 aliphatic heterocycles. The predicted octanol–water partition coefficient (Wildman–Crippen LogP) is 4.44. The van der Waals surface area contributed by atoms with Gasteiger partial charge in [-0.05, 0) is 69.3 Å². The molecular weight excluding hydrogens is 436 g/mol. The molecule has 1 atom stereocenters. The number of anilines is 1. The molecule has 2 fully saturated rings. The standard InChI is InChI=1S/C28H38N6O/c1-4-29-28(35)32-16-14-31(15-17-32)26-11-12-30-34-20-25(18-27(26)34)23-9-7-22(8-10-23)24-6-5-13-33(19-24)21(2)3/h7-12,18,20-21,24H,4-6,13-17,19H2,1-3H3,(H,29,35)/t24-/m0/s1. The SMILES string of the molecule is CCNC(=O)N1CCN(c2ccnn3cc(-c4ccc([C@H]5CCCN(C(C)C)C5)cc4)cc23)CC1. The number of fused-ring (bicyclic) bond motifs is 1. The number of rotatable bonds is 5. The molecule has 1 aromatic carbocycles. The van der Waals surface area contributed by atoms with Crippen LogP contribution in [0.1, 0.15) is 45.1 Å². The maximum atomic E-state index is 12.2. The highest BCUT2D eigenvalue weighted by Gasteiger charge is 2.24. The van der Waals surface area contributed by atoms with Gasteiger partial charge in [0.15, 0.2) is 0 Å². The largest absolute Gasteiger partial charge is 0.366 e. The van der Waals surface area contributed by atoms with Gasteiger partial charge in [0.1, 0.15) is 0 Å². The van der Waals surface area contributed by atoms with Crippen LogP contribution in [0.5, 0.6) is 0 Å². The number of hydrogen-bond donors (Lipinski definition) is 1. The molecule has 7 nitrogen and oxygen atoms in total. The van der Waals surface area contributed by atoms with Crippen LogP contribution in [-0.2, 0) is 0 Å². The average Bonchev–Trinajstić information content (AvgIpc) is 3.34. The molecule has 2 aliphatic rings. The van der Waals surface area contributed by atoms with Gasteiger partial charge in [-0.3, -0.25) is 0 Å². The molecule has 0 bridgehead atoms. The van der Waals surface area contributed by atoms with E-state index in [1.165, 1.54) is 41.8 Å². The third kappa shape index (κ3) is 5.01. The molecule has 1 N–H and O–H groups in total. The third-order valence-electron chi connectivity index (χ3n) is 7.62. The van der Waals surface area contributed by atoms with Crippen molar-refractivity contribution in [2.24, 2.45) is 0 Å². The van der Waals surface area contributed by atoms with Crippen LogP contribution in [0.15, 0.2) is 48.8 Å². The van der Waals surface area contributed by atoms with Gasteiger partial charge in [-0.2, -0.15) is 5.10 Å². The van der Waals surface area contributed by atoms with E-state index in [0.717, 1.165) is 38.2 Å². The van der Waals surface area contributed by atoms with Crippen molar-refractivity contribution in [2.75, 3.05) is 50.7 Å². The first-order valence-corrected chi connectivity index (χ1v) is 13.1. The summed E-state index contributed by atoms with van der Waals surface area (Å²) in [5, 5.41) is 7.48. The lowest BCUT2D eigenvalue weighted by atomic mass is 9.89. The van der Waals surface area contributed by atoms with E-state index in [2.05, 4.69) is 76.7 Å². The van der Waals surface area contributed by atoms with E-state index >= 15 is 0 Å². The van der Waals surface area contributed by atoms with Crippen LogP contribution >= 0.6 is 0 Å². The van der Waals surface area contributed by atoms with E-state index in [-0.39, 0.29) is 6.03 Å². The zero-order chi connectivity index (χ0) is 24.4. The van der Waals surface area contributed by atoms with Gasteiger partial charge in [-0.25, -0.2) is 9.31 Å². The van der Waals surface area contributed by atoms with E-state index in [0.29, 0.717) is 18.5 Å². The van der Waals surface area contributed by atoms with Crippen LogP contribution < -0.4 is 10.2 Å². The minimum atomic E-state index is 0.0329. The van der Waals surface area contributed by atoms with Crippen molar-refractivity contribution < 1.29 is 4.79 Å². The Balaban J connectivity index is 1.32. The summed E-state index contributed by atoms with van der Waals surface area (Å²) in [4.78, 5) is 19.0. The van der Waals surface area contributed by atoms with Crippen LogP contribution in [0.4, 0.5) is 10.5 Å². The van der Waals surface area contributed by atoms with E-state index in [4.69, 9.17) is 0 Å². The van der Waals surface area contributed by atoms with Gasteiger partial charge < -0.3 is 20.0 Å². The van der Waals surface area contributed by atoms with Gasteiger partial charge in [0, 0.05) is 63.3 Å². The van der Waals surface area contributed by atoms with Gasteiger partial charge >= 0.3 is 6.03 Å². The molecule has 3 aromatic rings. The summed E-state index contributed by atoms with van der Waals surface area (Å²) in [5.41, 5.74) is 6.15. The Bertz CT molecular complexity index is 1150. The fourth-order valence-corrected chi connectivity index (χ4v) is 5.53. The van der Waals surface area contributed by atoms with Crippen LogP contribution in [0.25, 0.3) is 16.6 Å². The highest BCUT2D eigenvalue weighted by Crippen LogP contribution is 2.32. The van der Waals surface area contributed by atoms with E-state index in [9.17, 15) is 4.79 Å². The Kier molecular flexibility index (Phi) is 6.95. The smallest absolute Gasteiger partial charge is 0.317 e. The molecule has 0 aliphatic carbocycles. The Morgan fingerprint density at radius 3 is 2.54 bits per heavy atom. The quantitative estimate of drug-likeness (QED) is 0.594. The number of carbonyl (C=O) groups excluding carboxylic acids is 1. The summed E-state index contributed by atoms with van der Waals surface area (Å²) < 4.78 is 1.98. The monoisotopic (exact) mass is 474 g/mol. The van der Waals surface area contributed by atoms with Crippen molar-refractivity contribution in [3.63, 3.8) is 0 Å². The van der Waals surface area contributed by atoms with Crippen molar-refractivity contribution >= 4 is 17.2 Å². The van der Waals surface area contributed by atoms with Crippen molar-refractivity contribution in [1.29, 1.82) is 0 Å². The molecule has 35 heavy (non-hydrogen) atoms. The second kappa shape index (κ2) is 10.3. The Labute approximate surface area is 208 Å². The lowest BCUT2D eigenvalue weighted by Crippen LogP contribution is -2.51. The van der Waals surface area contributed by atoms with Crippen LogP contribution in [0.2, 0.25) is 0 Å². The number of piperidine rings is 1. The highest BCUT2D eigenvalue weighted by molar-refractivity contribution is 5.80. The van der Waals surface area contributed by atoms with Crippen molar-refractivity contribution in [2.45, 2.75) is 45.6 Å². The normalized spacial score (nSPS) is 19.5. The number of likely N-dealkylation sites (tertiary alicyclic amines) is 1. The summed E-state index contributed by atoms with van der Waals surface area (Å²) in [6.07, 6.45) is 6.55. The fourth-order valence-electron chi connectivity index (χ4n) is 5.53. The average molecular weight is 475 g/mol. The van der Waals surface area contributed by atoms with Gasteiger partial charge in [0.2, 0.25) is 0 Å². The van der Waals surface area contributed by atoms with Crippen LogP contribution in [0.3, 0.4) is 0 Å². The molecule has 186 valence electrons. The first-order chi connectivity index (χ1) is 17.0. The summed E-state index contributed by atoms with van der Waals surface area (Å²) in [5.74, 6) is 0.625. The summed E-state index contributed by atoms with van der Waals surface area (Å²) in [7, 11) is 0. The van der Waals surface area contributed by atoms with Crippen LogP contribution in [-0.4, -0.2) is 77.3 Å². The number of nitrogens with one attached hydrogen (secondary N) is 1. The molecule has 4 heterocycles. The number of benzene rings is 1. The van der Waals surface area contributed by atoms with Crippen molar-refractivity contribution in [3.05, 3.63) is 54.4 Å². The number of hydrogen-bond acceptors (Lipinski definition) is 4. The number of amides is 2. The molecule has 7 heteroatoms. The number of aromatic nitrogens is 2. The molecule has 2 amide bonds. The van der Waals surface area contributed by atoms with Crippen molar-refractivity contribution in [3.8, 4) is 11.1 Å². The number of urea groups is 1. The number of nitrogens with zero attached hydrogens (tertiary/aromatic N) is 5. The highest BCUT2D eigenvalue weighted by atomic mass is 16.2. The number of carbonyl (C=O) groups is 1. The van der Waals surface area contributed by atoms with Gasteiger partial charge in [-0.15, -0.1) is 0 Å². The van der Waals surface area contributed by atoms with Gasteiger partial charge in [0.05, 0.1) is 11.2 Å². The molecular formula is C28H38N6O. The Morgan fingerprint density at radius 1 is 1.06 bits per heavy atom. The lowest BCUT2D eigenvalue weighted by molar-refractivity contribution is 0.167. The maximum absolute atomic E-state index is 12.2. The van der Waals surface area contributed by atoms with Gasteiger partial charge in [0.25, 0.3) is 0 Å². The van der Waals surface area contributed by atoms with E-state index in [1.54, 1.807) is 0 Å². The topological polar surface area (TPSA) is 56.1 Å². The van der Waals surface area contributed by atoms with E-state index in [1.807, 2.05) is 22.5 Å². The first-order valence-electron chi connectivity index (χ1n) is 13.1. The third-order valence-corrected chi connectivity index (χ3v) is 7.62. The second-order valence-corrected chi connectivity index (χ2v) is 10.1. The van der Waals surface area contributed by atoms with Crippen molar-refractivity contribution in [1.82, 2.24) is 24.7 Å². The molecule has 2 saturated heterocycles. The fraction of sp³-hybridized carbons (Fsp3) is 0.500. The van der Waals surface area contributed by atoms with Crippen LogP contribution in [0, 0.1) is 0 Å². The number of piperazine rings is 1. The summed E-state index contributed by atoms with van der Waals surface area (Å²) in [6, 6.07) is 14.2. The molecule has 0 radical (unpaired) electrons. The maximum Gasteiger partial charge on any atom is 0.317 e. The molecule has 0 spiro atoms. The lowest BCUT2D eigenvalue weighted by Gasteiger charge is -2.36. The molecule has 0 saturated carbocycles. The molecule has 2 aromatic heterocycles. The second-order valence-electron chi connectivity index (χ2n) is 10.1. The van der Waals surface area contributed by atoms with E-state index < -0.39 is 0 Å². The minimum Gasteiger partial charge on any atom is -0.366 e. The summed E-state index contributed by atoms with van der Waals surface area (Å²) >= 11 is 0. The predicted molar refractivity (Wildman–Crippen MR) is 142 cm³/mol. The first kappa shape index (κ1) is 23.7. The molecule has 0 unspecified atom stereocenters. The summed E-state index contributed by atoms with van der Waals surface area (Å²) in [6.45, 7) is 12.7. The van der Waals surface area contributed by atoms with Gasteiger partial charge in [-0.1, -0.05) is 24.3 Å². The minimum absolute atomic E-state index is 0.0329. The Morgan fingerprint density at radius 2 is 1.83 bits per heavy atom. The molecule has 5 rings (SSSR count). The zero-order valence-corrected chi connectivity index (χ0v) is 21.3.